The summed E-state index contributed by atoms with van der Waals surface area (Å²) in [5.41, 5.74) is 0. The average molecular weight is 214 g/mol. The molecule has 4 heteroatoms. The van der Waals surface area contributed by atoms with Gasteiger partial charge in [-0.3, -0.25) is 9.59 Å². The van der Waals surface area contributed by atoms with Crippen LogP contribution in [0.5, 0.6) is 0 Å². The van der Waals surface area contributed by atoms with Gasteiger partial charge in [0.1, 0.15) is 5.78 Å². The Morgan fingerprint density at radius 1 is 1.50 bits per heavy atom. The zero-order chi connectivity index (χ0) is 10.1. The maximum atomic E-state index is 11.7. The van der Waals surface area contributed by atoms with E-state index < -0.39 is 0 Å². The Hall–Kier alpha value is -0.510. The van der Waals surface area contributed by atoms with Crippen molar-refractivity contribution in [1.29, 1.82) is 0 Å². The van der Waals surface area contributed by atoms with Crippen molar-refractivity contribution in [3.8, 4) is 0 Å². The molecule has 0 N–H and O–H groups in total. The monoisotopic (exact) mass is 214 g/mol. The van der Waals surface area contributed by atoms with Gasteiger partial charge in [-0.25, -0.2) is 0 Å². The van der Waals surface area contributed by atoms with Gasteiger partial charge in [-0.15, -0.1) is 0 Å². The Kier molecular flexibility index (Phi) is 2.81. The van der Waals surface area contributed by atoms with E-state index in [2.05, 4.69) is 4.74 Å². The zero-order valence-electron chi connectivity index (χ0n) is 8.19. The minimum absolute atomic E-state index is 0.174. The van der Waals surface area contributed by atoms with E-state index in [0.717, 1.165) is 17.9 Å². The van der Waals surface area contributed by atoms with Crippen molar-refractivity contribution in [3.63, 3.8) is 0 Å². The molecule has 14 heavy (non-hydrogen) atoms. The molecule has 0 spiro atoms. The first-order valence-corrected chi connectivity index (χ1v) is 6.06. The molecule has 3 atom stereocenters. The molecule has 1 heterocycles. The number of hydrogen-bond acceptors (Lipinski definition) is 4. The standard InChI is InChI=1S/C10H14O3S/c1-13-10(12)6-2-7-4-14-5-8(7)9(11)3-6/h6-8H,2-5H2,1H3. The van der Waals surface area contributed by atoms with E-state index >= 15 is 0 Å². The summed E-state index contributed by atoms with van der Waals surface area (Å²) >= 11 is 1.83. The molecule has 1 aliphatic carbocycles. The van der Waals surface area contributed by atoms with E-state index in [-0.39, 0.29) is 23.6 Å². The third-order valence-electron chi connectivity index (χ3n) is 3.18. The summed E-state index contributed by atoms with van der Waals surface area (Å²) in [6, 6.07) is 0. The van der Waals surface area contributed by atoms with Gasteiger partial charge in [0.15, 0.2) is 0 Å². The number of fused-ring (bicyclic) bond motifs is 1. The third-order valence-corrected chi connectivity index (χ3v) is 4.44. The second-order valence-corrected chi connectivity index (χ2v) is 5.11. The van der Waals surface area contributed by atoms with E-state index in [0.29, 0.717) is 12.3 Å². The lowest BCUT2D eigenvalue weighted by Crippen LogP contribution is -2.35. The van der Waals surface area contributed by atoms with Gasteiger partial charge in [0.05, 0.1) is 13.0 Å². The maximum absolute atomic E-state index is 11.7. The largest absolute Gasteiger partial charge is 0.469 e. The van der Waals surface area contributed by atoms with Gasteiger partial charge in [0.25, 0.3) is 0 Å². The fourth-order valence-electron chi connectivity index (χ4n) is 2.38. The van der Waals surface area contributed by atoms with Crippen LogP contribution in [0.15, 0.2) is 0 Å². The van der Waals surface area contributed by atoms with Crippen molar-refractivity contribution in [1.82, 2.24) is 0 Å². The van der Waals surface area contributed by atoms with Crippen molar-refractivity contribution < 1.29 is 14.3 Å². The molecule has 78 valence electrons. The van der Waals surface area contributed by atoms with Crippen LogP contribution in [0.2, 0.25) is 0 Å². The van der Waals surface area contributed by atoms with E-state index in [4.69, 9.17) is 0 Å². The number of ether oxygens (including phenoxy) is 1. The van der Waals surface area contributed by atoms with Crippen LogP contribution in [0.3, 0.4) is 0 Å². The number of ketones is 1. The molecule has 0 aromatic rings. The molecule has 0 bridgehead atoms. The van der Waals surface area contributed by atoms with Crippen molar-refractivity contribution in [2.24, 2.45) is 17.8 Å². The van der Waals surface area contributed by atoms with Gasteiger partial charge >= 0.3 is 5.97 Å². The fraction of sp³-hybridized carbons (Fsp3) is 0.800. The van der Waals surface area contributed by atoms with E-state index in [1.165, 1.54) is 7.11 Å². The average Bonchev–Trinajstić information content (AvgIpc) is 2.64. The minimum atomic E-state index is -0.214. The lowest BCUT2D eigenvalue weighted by Gasteiger charge is -2.28. The first-order chi connectivity index (χ1) is 6.72. The SMILES string of the molecule is COC(=O)C1CC(=O)C2CSCC2C1. The number of Topliss-reactive ketones (excluding diaryl/α,β-unsaturated/α-hetero) is 1. The summed E-state index contributed by atoms with van der Waals surface area (Å²) in [5.74, 6) is 2.51. The Morgan fingerprint density at radius 3 is 3.00 bits per heavy atom. The van der Waals surface area contributed by atoms with Gasteiger partial charge < -0.3 is 4.74 Å². The highest BCUT2D eigenvalue weighted by molar-refractivity contribution is 7.99. The molecule has 0 aromatic carbocycles. The molecule has 1 saturated carbocycles. The highest BCUT2D eigenvalue weighted by atomic mass is 32.2. The number of thioether (sulfide) groups is 1. The van der Waals surface area contributed by atoms with Crippen LogP contribution in [0.4, 0.5) is 0 Å². The number of carbonyl (C=O) groups excluding carboxylic acids is 2. The van der Waals surface area contributed by atoms with Gasteiger partial charge in [0, 0.05) is 18.1 Å². The van der Waals surface area contributed by atoms with E-state index in [1.54, 1.807) is 0 Å². The van der Waals surface area contributed by atoms with Gasteiger partial charge in [-0.1, -0.05) is 0 Å². The predicted octanol–water partition coefficient (Wildman–Crippen LogP) is 1.12. The molecule has 2 aliphatic rings. The highest BCUT2D eigenvalue weighted by Crippen LogP contribution is 2.40. The Labute approximate surface area is 87.6 Å². The smallest absolute Gasteiger partial charge is 0.309 e. The topological polar surface area (TPSA) is 43.4 Å². The number of methoxy groups -OCH3 is 1. The predicted molar refractivity (Wildman–Crippen MR) is 54.1 cm³/mol. The number of rotatable bonds is 1. The molecule has 1 aliphatic heterocycles. The molecule has 2 rings (SSSR count). The molecule has 0 radical (unpaired) electrons. The van der Waals surface area contributed by atoms with Crippen LogP contribution < -0.4 is 0 Å². The lowest BCUT2D eigenvalue weighted by atomic mass is 9.75. The Morgan fingerprint density at radius 2 is 2.29 bits per heavy atom. The summed E-state index contributed by atoms with van der Waals surface area (Å²) in [5, 5.41) is 0. The number of hydrogen-bond donors (Lipinski definition) is 0. The van der Waals surface area contributed by atoms with Crippen LogP contribution in [0.1, 0.15) is 12.8 Å². The van der Waals surface area contributed by atoms with Crippen LogP contribution in [-0.4, -0.2) is 30.4 Å². The molecule has 3 unspecified atom stereocenters. The summed E-state index contributed by atoms with van der Waals surface area (Å²) < 4.78 is 4.69. The Bertz CT molecular complexity index is 264. The molecule has 0 amide bonds. The second-order valence-electron chi connectivity index (χ2n) is 4.03. The van der Waals surface area contributed by atoms with E-state index in [1.807, 2.05) is 11.8 Å². The summed E-state index contributed by atoms with van der Waals surface area (Å²) in [4.78, 5) is 23.0. The number of carbonyl (C=O) groups is 2. The van der Waals surface area contributed by atoms with Gasteiger partial charge in [-0.05, 0) is 18.1 Å². The highest BCUT2D eigenvalue weighted by Gasteiger charge is 2.42. The minimum Gasteiger partial charge on any atom is -0.469 e. The maximum Gasteiger partial charge on any atom is 0.309 e. The second kappa shape index (κ2) is 3.93. The van der Waals surface area contributed by atoms with E-state index in [9.17, 15) is 9.59 Å². The number of esters is 1. The molecule has 3 nitrogen and oxygen atoms in total. The van der Waals surface area contributed by atoms with Crippen LogP contribution in [-0.2, 0) is 14.3 Å². The van der Waals surface area contributed by atoms with Crippen LogP contribution >= 0.6 is 11.8 Å². The molecular formula is C10H14O3S. The van der Waals surface area contributed by atoms with Crippen molar-refractivity contribution in [2.75, 3.05) is 18.6 Å². The van der Waals surface area contributed by atoms with Gasteiger partial charge in [0.2, 0.25) is 0 Å². The molecule has 0 aromatic heterocycles. The normalized spacial score (nSPS) is 36.6. The van der Waals surface area contributed by atoms with Crippen molar-refractivity contribution in [2.45, 2.75) is 12.8 Å². The quantitative estimate of drug-likeness (QED) is 0.613. The molecular weight excluding hydrogens is 200 g/mol. The first-order valence-electron chi connectivity index (χ1n) is 4.90. The van der Waals surface area contributed by atoms with Crippen LogP contribution in [0.25, 0.3) is 0 Å². The molecule has 1 saturated heterocycles. The lowest BCUT2D eigenvalue weighted by molar-refractivity contribution is -0.150. The van der Waals surface area contributed by atoms with Crippen molar-refractivity contribution >= 4 is 23.5 Å². The summed E-state index contributed by atoms with van der Waals surface area (Å²) in [6.07, 6.45) is 1.24. The van der Waals surface area contributed by atoms with Gasteiger partial charge in [-0.2, -0.15) is 11.8 Å². The first kappa shape index (κ1) is 10.0. The van der Waals surface area contributed by atoms with Crippen molar-refractivity contribution in [3.05, 3.63) is 0 Å². The zero-order valence-corrected chi connectivity index (χ0v) is 9.01. The third kappa shape index (κ3) is 1.67. The van der Waals surface area contributed by atoms with Crippen LogP contribution in [0, 0.1) is 17.8 Å². The Balaban J connectivity index is 2.05. The fourth-order valence-corrected chi connectivity index (χ4v) is 3.90. The summed E-state index contributed by atoms with van der Waals surface area (Å²) in [7, 11) is 1.39. The molecule has 2 fully saturated rings. The summed E-state index contributed by atoms with van der Waals surface area (Å²) in [6.45, 7) is 0.